The highest BCUT2D eigenvalue weighted by Gasteiger charge is 2.28. The maximum Gasteiger partial charge on any atom is 0.221 e. The van der Waals surface area contributed by atoms with Crippen LogP contribution in [0.3, 0.4) is 0 Å². The van der Waals surface area contributed by atoms with Crippen molar-refractivity contribution in [2.24, 2.45) is 11.5 Å². The molecule has 4 heteroatoms. The normalized spacial score (nSPS) is 13.8. The molecular weight excluding hydrogens is 240 g/mol. The molecular formula is C15H16N2O2. The van der Waals surface area contributed by atoms with Gasteiger partial charge < -0.3 is 10.8 Å². The summed E-state index contributed by atoms with van der Waals surface area (Å²) in [6.07, 6.45) is 0.0442. The van der Waals surface area contributed by atoms with Gasteiger partial charge in [-0.25, -0.2) is 0 Å². The first kappa shape index (κ1) is 13.3. The monoisotopic (exact) mass is 256 g/mol. The molecule has 0 radical (unpaired) electrons. The van der Waals surface area contributed by atoms with Crippen molar-refractivity contribution in [1.29, 1.82) is 0 Å². The number of benzene rings is 2. The Hall–Kier alpha value is -2.17. The maximum atomic E-state index is 11.1. The Morgan fingerprint density at radius 2 is 1.63 bits per heavy atom. The zero-order chi connectivity index (χ0) is 13.9. The molecule has 0 saturated carbocycles. The Kier molecular flexibility index (Phi) is 3.64. The molecule has 0 heterocycles. The van der Waals surface area contributed by atoms with Gasteiger partial charge >= 0.3 is 0 Å². The van der Waals surface area contributed by atoms with Gasteiger partial charge in [-0.3, -0.25) is 10.5 Å². The first-order chi connectivity index (χ1) is 9.01. The van der Waals surface area contributed by atoms with Crippen molar-refractivity contribution in [2.75, 3.05) is 0 Å². The minimum absolute atomic E-state index is 0.0442. The second kappa shape index (κ2) is 5.22. The molecule has 19 heavy (non-hydrogen) atoms. The molecule has 0 bridgehead atoms. The average molecular weight is 256 g/mol. The molecule has 98 valence electrons. The van der Waals surface area contributed by atoms with E-state index in [0.717, 1.165) is 0 Å². The number of hydrogen-bond acceptors (Lipinski definition) is 3. The number of carbonyl (C=O) groups excluding carboxylic acids is 1. The predicted molar refractivity (Wildman–Crippen MR) is 73.0 cm³/mol. The van der Waals surface area contributed by atoms with Crippen molar-refractivity contribution in [3.05, 3.63) is 71.3 Å². The Morgan fingerprint density at radius 3 is 2.26 bits per heavy atom. The third-order valence-corrected chi connectivity index (χ3v) is 3.01. The second-order valence-electron chi connectivity index (χ2n) is 4.43. The van der Waals surface area contributed by atoms with Gasteiger partial charge in [0.2, 0.25) is 5.91 Å². The van der Waals surface area contributed by atoms with Gasteiger partial charge in [0.25, 0.3) is 0 Å². The summed E-state index contributed by atoms with van der Waals surface area (Å²) in [5.41, 5.74) is 11.3. The van der Waals surface area contributed by atoms with Gasteiger partial charge in [0.05, 0.1) is 6.42 Å². The van der Waals surface area contributed by atoms with E-state index in [-0.39, 0.29) is 6.42 Å². The minimum Gasteiger partial charge on any atom is -0.369 e. The third-order valence-electron chi connectivity index (χ3n) is 3.01. The van der Waals surface area contributed by atoms with E-state index in [9.17, 15) is 9.90 Å². The van der Waals surface area contributed by atoms with E-state index in [2.05, 4.69) is 0 Å². The van der Waals surface area contributed by atoms with E-state index < -0.39 is 11.6 Å². The summed E-state index contributed by atoms with van der Waals surface area (Å²) in [7, 11) is 0. The lowest BCUT2D eigenvalue weighted by molar-refractivity contribution is -0.117. The van der Waals surface area contributed by atoms with Crippen molar-refractivity contribution < 1.29 is 9.90 Å². The van der Waals surface area contributed by atoms with Crippen LogP contribution in [0, 0.1) is 0 Å². The lowest BCUT2D eigenvalue weighted by Crippen LogP contribution is -2.39. The highest BCUT2D eigenvalue weighted by molar-refractivity contribution is 5.77. The molecule has 0 aromatic heterocycles. The Bertz CT molecular complexity index is 580. The number of primary amides is 1. The zero-order valence-corrected chi connectivity index (χ0v) is 10.4. The molecule has 0 aliphatic rings. The highest BCUT2D eigenvalue weighted by atomic mass is 16.3. The Labute approximate surface area is 111 Å². The predicted octanol–water partition coefficient (Wildman–Crippen LogP) is 0.866. The molecule has 1 unspecified atom stereocenters. The highest BCUT2D eigenvalue weighted by Crippen LogP contribution is 2.27. The van der Waals surface area contributed by atoms with Crippen molar-refractivity contribution >= 4 is 5.91 Å². The van der Waals surface area contributed by atoms with Crippen LogP contribution < -0.4 is 11.5 Å². The van der Waals surface area contributed by atoms with Crippen LogP contribution in [0.1, 0.15) is 16.7 Å². The summed E-state index contributed by atoms with van der Waals surface area (Å²) >= 11 is 0. The van der Waals surface area contributed by atoms with Crippen LogP contribution in [-0.4, -0.2) is 11.0 Å². The maximum absolute atomic E-state index is 11.1. The quantitative estimate of drug-likeness (QED) is 0.709. The van der Waals surface area contributed by atoms with Crippen molar-refractivity contribution in [2.45, 2.75) is 12.1 Å². The van der Waals surface area contributed by atoms with E-state index in [4.69, 9.17) is 11.5 Å². The third kappa shape index (κ3) is 2.81. The molecule has 2 aromatic rings. The molecule has 4 nitrogen and oxygen atoms in total. The fourth-order valence-corrected chi connectivity index (χ4v) is 2.08. The van der Waals surface area contributed by atoms with Crippen LogP contribution in [-0.2, 0) is 16.9 Å². The minimum atomic E-state index is -1.65. The molecule has 0 spiro atoms. The first-order valence-electron chi connectivity index (χ1n) is 5.95. The summed E-state index contributed by atoms with van der Waals surface area (Å²) < 4.78 is 0. The summed E-state index contributed by atoms with van der Waals surface area (Å²) in [4.78, 5) is 11.1. The Morgan fingerprint density at radius 1 is 1.05 bits per heavy atom. The number of amides is 1. The molecule has 0 fully saturated rings. The first-order valence-corrected chi connectivity index (χ1v) is 5.95. The van der Waals surface area contributed by atoms with Gasteiger partial charge in [-0.05, 0) is 5.56 Å². The van der Waals surface area contributed by atoms with E-state index in [0.29, 0.717) is 16.7 Å². The van der Waals surface area contributed by atoms with Crippen LogP contribution in [0.2, 0.25) is 0 Å². The van der Waals surface area contributed by atoms with Crippen molar-refractivity contribution in [3.63, 3.8) is 0 Å². The van der Waals surface area contributed by atoms with Gasteiger partial charge in [-0.2, -0.15) is 0 Å². The van der Waals surface area contributed by atoms with Gasteiger partial charge in [0.15, 0.2) is 5.72 Å². The summed E-state index contributed by atoms with van der Waals surface area (Å²) in [5.74, 6) is -0.462. The van der Waals surface area contributed by atoms with Gasteiger partial charge in [-0.15, -0.1) is 0 Å². The number of nitrogens with two attached hydrogens (primary N) is 2. The van der Waals surface area contributed by atoms with E-state index in [1.807, 2.05) is 6.07 Å². The average Bonchev–Trinajstić information content (AvgIpc) is 2.39. The molecule has 0 aliphatic heterocycles. The lowest BCUT2D eigenvalue weighted by Gasteiger charge is -2.26. The van der Waals surface area contributed by atoms with Crippen LogP contribution >= 0.6 is 0 Å². The number of carbonyl (C=O) groups is 1. The fraction of sp³-hybridized carbons (Fsp3) is 0.133. The van der Waals surface area contributed by atoms with Crippen molar-refractivity contribution in [1.82, 2.24) is 0 Å². The van der Waals surface area contributed by atoms with Gasteiger partial charge in [0, 0.05) is 11.1 Å². The van der Waals surface area contributed by atoms with Gasteiger partial charge in [-0.1, -0.05) is 54.6 Å². The number of aliphatic hydroxyl groups is 1. The topological polar surface area (TPSA) is 89.3 Å². The summed E-state index contributed by atoms with van der Waals surface area (Å²) in [6, 6.07) is 15.9. The largest absolute Gasteiger partial charge is 0.369 e. The second-order valence-corrected chi connectivity index (χ2v) is 4.43. The molecule has 5 N–H and O–H groups in total. The Balaban J connectivity index is 2.49. The number of rotatable bonds is 4. The smallest absolute Gasteiger partial charge is 0.221 e. The number of hydrogen-bond donors (Lipinski definition) is 3. The standard InChI is InChI=1S/C15H16N2O2/c16-14(18)10-11-6-4-5-9-13(11)15(17,19)12-7-2-1-3-8-12/h1-9,19H,10,17H2,(H2,16,18). The molecule has 1 amide bonds. The van der Waals surface area contributed by atoms with Gasteiger partial charge in [0.1, 0.15) is 0 Å². The molecule has 0 aliphatic carbocycles. The molecule has 0 saturated heterocycles. The zero-order valence-electron chi connectivity index (χ0n) is 10.4. The summed E-state index contributed by atoms with van der Waals surface area (Å²) in [6.45, 7) is 0. The molecule has 2 aromatic carbocycles. The van der Waals surface area contributed by atoms with E-state index in [1.54, 1.807) is 48.5 Å². The summed E-state index contributed by atoms with van der Waals surface area (Å²) in [5, 5.41) is 10.6. The fourth-order valence-electron chi connectivity index (χ4n) is 2.08. The SMILES string of the molecule is NC(=O)Cc1ccccc1C(N)(O)c1ccccc1. The molecule has 1 atom stereocenters. The van der Waals surface area contributed by atoms with Crippen LogP contribution in [0.25, 0.3) is 0 Å². The van der Waals surface area contributed by atoms with E-state index >= 15 is 0 Å². The van der Waals surface area contributed by atoms with Crippen LogP contribution in [0.15, 0.2) is 54.6 Å². The lowest BCUT2D eigenvalue weighted by atomic mass is 9.90. The van der Waals surface area contributed by atoms with Crippen LogP contribution in [0.5, 0.6) is 0 Å². The van der Waals surface area contributed by atoms with E-state index in [1.165, 1.54) is 0 Å². The van der Waals surface area contributed by atoms with Crippen LogP contribution in [0.4, 0.5) is 0 Å². The molecule has 2 rings (SSSR count). The van der Waals surface area contributed by atoms with Crippen molar-refractivity contribution in [3.8, 4) is 0 Å².